The van der Waals surface area contributed by atoms with Crippen LogP contribution in [0.5, 0.6) is 11.5 Å². The lowest BCUT2D eigenvalue weighted by atomic mass is 9.81. The second-order valence-corrected chi connectivity index (χ2v) is 10.7. The molecular weight excluding hydrogens is 556 g/mol. The highest BCUT2D eigenvalue weighted by Gasteiger charge is 2.66. The van der Waals surface area contributed by atoms with E-state index in [0.29, 0.717) is 28.4 Å². The van der Waals surface area contributed by atoms with Crippen LogP contribution in [0, 0.1) is 23.7 Å². The van der Waals surface area contributed by atoms with Gasteiger partial charge in [0, 0.05) is 21.3 Å². The number of nitrogens with zero attached hydrogens (tertiary/aromatic N) is 1. The maximum absolute atomic E-state index is 13.2. The van der Waals surface area contributed by atoms with Crippen molar-refractivity contribution in [3.8, 4) is 11.5 Å². The molecule has 3 aliphatic rings. The fourth-order valence-corrected chi connectivity index (χ4v) is 7.34. The Hall–Kier alpha value is -2.39. The summed E-state index contributed by atoms with van der Waals surface area (Å²) in [6, 6.07) is 11.6. The van der Waals surface area contributed by atoms with Gasteiger partial charge in [-0.05, 0) is 54.7 Å². The number of halogens is 2. The maximum atomic E-state index is 13.2. The predicted molar refractivity (Wildman–Crippen MR) is 130 cm³/mol. The maximum Gasteiger partial charge on any atom is 0.255 e. The van der Waals surface area contributed by atoms with Crippen LogP contribution in [0.2, 0.25) is 0 Å². The number of hydrogen-bond donors (Lipinski definition) is 1. The van der Waals surface area contributed by atoms with E-state index in [9.17, 15) is 14.4 Å². The average Bonchev–Trinajstić information content (AvgIpc) is 3.44. The molecule has 2 aliphatic carbocycles. The third-order valence-electron chi connectivity index (χ3n) is 7.03. The molecule has 9 heteroatoms. The molecule has 1 N–H and O–H groups in total. The fourth-order valence-electron chi connectivity index (χ4n) is 5.47. The highest BCUT2D eigenvalue weighted by atomic mass is 79.9. The minimum absolute atomic E-state index is 0.139. The molecule has 1 saturated heterocycles. The normalized spacial score (nSPS) is 29.9. The monoisotopic (exact) mass is 576 g/mol. The number of imide groups is 1. The van der Waals surface area contributed by atoms with Gasteiger partial charge in [-0.3, -0.25) is 19.3 Å². The molecule has 172 valence electrons. The fraction of sp³-hybridized carbons (Fsp3) is 0.375. The summed E-state index contributed by atoms with van der Waals surface area (Å²) in [6.07, 6.45) is 0.888. The van der Waals surface area contributed by atoms with E-state index in [-0.39, 0.29) is 51.0 Å². The van der Waals surface area contributed by atoms with E-state index in [1.165, 1.54) is 12.0 Å². The third kappa shape index (κ3) is 3.47. The largest absolute Gasteiger partial charge is 0.497 e. The van der Waals surface area contributed by atoms with Crippen molar-refractivity contribution in [3.63, 3.8) is 0 Å². The van der Waals surface area contributed by atoms with Crippen LogP contribution >= 0.6 is 31.9 Å². The lowest BCUT2D eigenvalue weighted by Crippen LogP contribution is -2.37. The molecule has 0 radical (unpaired) electrons. The molecule has 2 bridgehead atoms. The highest BCUT2D eigenvalue weighted by Crippen LogP contribution is 2.60. The molecule has 2 aromatic carbocycles. The van der Waals surface area contributed by atoms with E-state index < -0.39 is 0 Å². The Bertz CT molecular complexity index is 1110. The summed E-state index contributed by atoms with van der Waals surface area (Å²) in [5, 5.41) is 2.82. The number of amides is 3. The summed E-state index contributed by atoms with van der Waals surface area (Å²) >= 11 is 7.41. The van der Waals surface area contributed by atoms with Gasteiger partial charge in [-0.1, -0.05) is 31.9 Å². The molecular formula is C24H22Br2N2O5. The molecule has 33 heavy (non-hydrogen) atoms. The molecule has 7 nitrogen and oxygen atoms in total. The van der Waals surface area contributed by atoms with Gasteiger partial charge < -0.3 is 14.8 Å². The van der Waals surface area contributed by atoms with Crippen LogP contribution in [-0.2, 0) is 9.59 Å². The Morgan fingerprint density at radius 3 is 2.09 bits per heavy atom. The summed E-state index contributed by atoms with van der Waals surface area (Å²) in [5.74, 6) is 0.246. The van der Waals surface area contributed by atoms with E-state index in [1.807, 2.05) is 0 Å². The Morgan fingerprint density at radius 1 is 0.939 bits per heavy atom. The van der Waals surface area contributed by atoms with Crippen LogP contribution in [0.3, 0.4) is 0 Å². The first-order chi connectivity index (χ1) is 15.8. The molecule has 3 amide bonds. The van der Waals surface area contributed by atoms with E-state index in [2.05, 4.69) is 37.2 Å². The first-order valence-corrected chi connectivity index (χ1v) is 12.5. The molecule has 1 heterocycles. The molecule has 1 aliphatic heterocycles. The van der Waals surface area contributed by atoms with Crippen molar-refractivity contribution in [2.24, 2.45) is 23.7 Å². The number of ether oxygens (including phenoxy) is 2. The van der Waals surface area contributed by atoms with Crippen molar-refractivity contribution < 1.29 is 23.9 Å². The number of anilines is 2. The third-order valence-corrected chi connectivity index (χ3v) is 10.2. The first-order valence-electron chi connectivity index (χ1n) is 10.6. The Labute approximate surface area is 208 Å². The van der Waals surface area contributed by atoms with Crippen LogP contribution < -0.4 is 19.7 Å². The smallest absolute Gasteiger partial charge is 0.255 e. The van der Waals surface area contributed by atoms with Gasteiger partial charge in [0.1, 0.15) is 11.5 Å². The van der Waals surface area contributed by atoms with Crippen LogP contribution in [0.15, 0.2) is 42.5 Å². The standard InChI is InChI=1S/C24H22Br2N2O5/c1-32-13-7-8-17(33-2)16(9-13)27-22(29)11-3-5-12(6-4-11)28-23(30)18-14-10-15(19(18)24(28)31)21(26)20(14)25/h3-9,14-15,18-21H,10H2,1-2H3,(H,27,29)/t14-,15-,18-,19+,20-,21+/m1/s1. The zero-order valence-electron chi connectivity index (χ0n) is 18.0. The van der Waals surface area contributed by atoms with Gasteiger partial charge >= 0.3 is 0 Å². The van der Waals surface area contributed by atoms with Crippen LogP contribution in [0.25, 0.3) is 0 Å². The van der Waals surface area contributed by atoms with Gasteiger partial charge in [0.15, 0.2) is 0 Å². The number of benzene rings is 2. The topological polar surface area (TPSA) is 84.9 Å². The van der Waals surface area contributed by atoms with Gasteiger partial charge in [-0.15, -0.1) is 0 Å². The second kappa shape index (κ2) is 8.43. The zero-order valence-corrected chi connectivity index (χ0v) is 21.1. The van der Waals surface area contributed by atoms with Gasteiger partial charge in [0.05, 0.1) is 37.4 Å². The number of rotatable bonds is 5. The van der Waals surface area contributed by atoms with Gasteiger partial charge in [-0.25, -0.2) is 0 Å². The molecule has 0 aromatic heterocycles. The molecule has 2 saturated carbocycles. The molecule has 3 fully saturated rings. The Morgan fingerprint density at radius 2 is 1.55 bits per heavy atom. The van der Waals surface area contributed by atoms with Crippen molar-refractivity contribution in [2.45, 2.75) is 16.1 Å². The summed E-state index contributed by atoms with van der Waals surface area (Å²) in [4.78, 5) is 40.9. The lowest BCUT2D eigenvalue weighted by molar-refractivity contribution is -0.123. The minimum atomic E-state index is -0.341. The number of nitrogens with one attached hydrogen (secondary N) is 1. The van der Waals surface area contributed by atoms with Gasteiger partial charge in [0.25, 0.3) is 5.91 Å². The van der Waals surface area contributed by atoms with E-state index in [4.69, 9.17) is 9.47 Å². The van der Waals surface area contributed by atoms with E-state index >= 15 is 0 Å². The predicted octanol–water partition coefficient (Wildman–Crippen LogP) is 4.24. The van der Waals surface area contributed by atoms with Crippen LogP contribution in [0.1, 0.15) is 16.8 Å². The Kier molecular flexibility index (Phi) is 5.73. The summed E-state index contributed by atoms with van der Waals surface area (Å²) < 4.78 is 10.5. The number of methoxy groups -OCH3 is 2. The summed E-state index contributed by atoms with van der Waals surface area (Å²) in [5.41, 5.74) is 1.36. The van der Waals surface area contributed by atoms with Gasteiger partial charge in [0.2, 0.25) is 11.8 Å². The first kappa shape index (κ1) is 22.4. The second-order valence-electron chi connectivity index (χ2n) is 8.58. The van der Waals surface area contributed by atoms with Crippen LogP contribution in [0.4, 0.5) is 11.4 Å². The summed E-state index contributed by atoms with van der Waals surface area (Å²) in [6.45, 7) is 0. The SMILES string of the molecule is COc1ccc(OC)c(NC(=O)c2ccc(N3C(=O)[C@@H]4[C@H]5C[C@@H]([C@H](Br)[C@@H]5Br)[C@@H]4C3=O)cc2)c1. The molecule has 5 rings (SSSR count). The molecule has 6 atom stereocenters. The van der Waals surface area contributed by atoms with Crippen molar-refractivity contribution in [1.29, 1.82) is 0 Å². The number of carbonyl (C=O) groups is 3. The molecule has 0 spiro atoms. The molecule has 0 unspecified atom stereocenters. The summed E-state index contributed by atoms with van der Waals surface area (Å²) in [7, 11) is 3.07. The Balaban J connectivity index is 1.35. The number of hydrogen-bond acceptors (Lipinski definition) is 5. The zero-order chi connectivity index (χ0) is 23.4. The lowest BCUT2D eigenvalue weighted by Gasteiger charge is -2.28. The quantitative estimate of drug-likeness (QED) is 0.424. The van der Waals surface area contributed by atoms with Crippen molar-refractivity contribution in [2.75, 3.05) is 24.4 Å². The van der Waals surface area contributed by atoms with Crippen molar-refractivity contribution in [3.05, 3.63) is 48.0 Å². The highest BCUT2D eigenvalue weighted by molar-refractivity contribution is 9.12. The number of alkyl halides is 2. The molecule has 2 aromatic rings. The van der Waals surface area contributed by atoms with Gasteiger partial charge in [-0.2, -0.15) is 0 Å². The van der Waals surface area contributed by atoms with Crippen LogP contribution in [-0.4, -0.2) is 41.6 Å². The van der Waals surface area contributed by atoms with Crippen molar-refractivity contribution in [1.82, 2.24) is 0 Å². The number of carbonyl (C=O) groups excluding carboxylic acids is 3. The number of fused-ring (bicyclic) bond motifs is 5. The minimum Gasteiger partial charge on any atom is -0.497 e. The average molecular weight is 578 g/mol. The van der Waals surface area contributed by atoms with E-state index in [0.717, 1.165) is 6.42 Å². The van der Waals surface area contributed by atoms with E-state index in [1.54, 1.807) is 49.6 Å². The van der Waals surface area contributed by atoms with Crippen molar-refractivity contribution >= 4 is 61.0 Å².